The third-order valence-electron chi connectivity index (χ3n) is 10.9. The molecule has 1 aliphatic heterocycles. The van der Waals surface area contributed by atoms with Crippen LogP contribution in [-0.4, -0.2) is 25.2 Å². The van der Waals surface area contributed by atoms with Crippen LogP contribution in [0.1, 0.15) is 98.8 Å². The molecule has 3 fully saturated rings. The predicted octanol–water partition coefficient (Wildman–Crippen LogP) is 6.55. The molecule has 0 amide bonds. The van der Waals surface area contributed by atoms with Gasteiger partial charge in [0.1, 0.15) is 11.9 Å². The third kappa shape index (κ3) is 3.91. The quantitative estimate of drug-likeness (QED) is 0.418. The molecule has 3 saturated carbocycles. The molecule has 188 valence electrons. The summed E-state index contributed by atoms with van der Waals surface area (Å²) in [4.78, 5) is 0. The lowest BCUT2D eigenvalue weighted by atomic mass is 9.45. The van der Waals surface area contributed by atoms with Crippen LogP contribution in [-0.2, 0) is 19.3 Å². The zero-order valence-corrected chi connectivity index (χ0v) is 22.0. The van der Waals surface area contributed by atoms with Crippen molar-refractivity contribution in [3.05, 3.63) is 11.3 Å². The molecule has 0 aromatic heterocycles. The van der Waals surface area contributed by atoms with Gasteiger partial charge in [0.15, 0.2) is 6.10 Å². The van der Waals surface area contributed by atoms with Crippen LogP contribution in [0.2, 0.25) is 0 Å². The molecule has 5 nitrogen and oxygen atoms in total. The number of hydrogen-bond donors (Lipinski definition) is 1. The minimum Gasteiger partial charge on any atom is -0.487 e. The van der Waals surface area contributed by atoms with Crippen molar-refractivity contribution in [2.24, 2.45) is 46.3 Å². The highest BCUT2D eigenvalue weighted by atomic mass is 32.3. The van der Waals surface area contributed by atoms with Gasteiger partial charge in [-0.15, -0.1) is 0 Å². The maximum absolute atomic E-state index is 11.3. The molecule has 4 aliphatic carbocycles. The maximum Gasteiger partial charge on any atom is 0.397 e. The van der Waals surface area contributed by atoms with E-state index in [1.54, 1.807) is 0 Å². The summed E-state index contributed by atoms with van der Waals surface area (Å²) in [6, 6.07) is 0. The molecule has 0 aromatic carbocycles. The Balaban J connectivity index is 1.34. The molecule has 0 bridgehead atoms. The monoisotopic (exact) mass is 480 g/mol. The highest BCUT2D eigenvalue weighted by molar-refractivity contribution is 7.80. The van der Waals surface area contributed by atoms with E-state index in [0.29, 0.717) is 23.7 Å². The predicted molar refractivity (Wildman–Crippen MR) is 129 cm³/mol. The molecule has 6 heteroatoms. The van der Waals surface area contributed by atoms with Crippen LogP contribution in [0.3, 0.4) is 0 Å². The first kappa shape index (κ1) is 24.1. The van der Waals surface area contributed by atoms with Crippen LogP contribution in [0, 0.1) is 46.3 Å². The molecule has 5 aliphatic rings. The van der Waals surface area contributed by atoms with E-state index in [1.165, 1.54) is 50.5 Å². The summed E-state index contributed by atoms with van der Waals surface area (Å²) in [5.74, 6) is 5.67. The summed E-state index contributed by atoms with van der Waals surface area (Å²) < 4.78 is 43.1. The fourth-order valence-electron chi connectivity index (χ4n) is 9.41. The van der Waals surface area contributed by atoms with E-state index in [-0.39, 0.29) is 11.5 Å². The minimum absolute atomic E-state index is 0.0859. The average Bonchev–Trinajstić information content (AvgIpc) is 3.03. The van der Waals surface area contributed by atoms with Gasteiger partial charge in [0.25, 0.3) is 0 Å². The van der Waals surface area contributed by atoms with E-state index in [2.05, 4.69) is 34.6 Å². The summed E-state index contributed by atoms with van der Waals surface area (Å²) >= 11 is 0. The molecule has 1 N–H and O–H groups in total. The van der Waals surface area contributed by atoms with E-state index in [1.807, 2.05) is 0 Å². The van der Waals surface area contributed by atoms with Crippen molar-refractivity contribution >= 4 is 10.4 Å². The Hall–Kier alpha value is -0.590. The highest BCUT2D eigenvalue weighted by Gasteiger charge is 2.64. The fourth-order valence-corrected chi connectivity index (χ4v) is 9.92. The van der Waals surface area contributed by atoms with Gasteiger partial charge in [-0.05, 0) is 84.9 Å². The van der Waals surface area contributed by atoms with Gasteiger partial charge >= 0.3 is 10.4 Å². The zero-order chi connectivity index (χ0) is 23.8. The fraction of sp³-hybridized carbons (Fsp3) is 0.926. The first-order valence-corrected chi connectivity index (χ1v) is 14.9. The Labute approximate surface area is 201 Å². The lowest BCUT2D eigenvalue weighted by Crippen LogP contribution is -2.59. The molecule has 0 spiro atoms. The first-order chi connectivity index (χ1) is 15.4. The second kappa shape index (κ2) is 8.23. The smallest absolute Gasteiger partial charge is 0.397 e. The van der Waals surface area contributed by atoms with Crippen molar-refractivity contribution in [1.82, 2.24) is 0 Å². The third-order valence-corrected chi connectivity index (χ3v) is 11.4. The molecule has 1 unspecified atom stereocenters. The molecule has 0 saturated heterocycles. The Bertz CT molecular complexity index is 909. The van der Waals surface area contributed by atoms with Crippen molar-refractivity contribution in [3.63, 3.8) is 0 Å². The van der Waals surface area contributed by atoms with Gasteiger partial charge < -0.3 is 4.74 Å². The Morgan fingerprint density at radius 2 is 1.82 bits per heavy atom. The van der Waals surface area contributed by atoms with Gasteiger partial charge in [0, 0.05) is 12.0 Å². The Morgan fingerprint density at radius 3 is 2.52 bits per heavy atom. The molecule has 0 aromatic rings. The van der Waals surface area contributed by atoms with Crippen LogP contribution in [0.15, 0.2) is 11.3 Å². The molecule has 33 heavy (non-hydrogen) atoms. The SMILES string of the molecule is CC(C)CCC[C@@H](C)[C@H]1CC[C@H]2[C@@H]3CC4=C5C(O4)[C@@H](OS(=O)(=O)O)CC[C@]5(C)[C@H]3CC[C@]12C. The van der Waals surface area contributed by atoms with Gasteiger partial charge in [-0.2, -0.15) is 8.42 Å². The first-order valence-electron chi connectivity index (χ1n) is 13.5. The van der Waals surface area contributed by atoms with Crippen LogP contribution in [0.5, 0.6) is 0 Å². The highest BCUT2D eigenvalue weighted by Crippen LogP contribution is 2.70. The van der Waals surface area contributed by atoms with Gasteiger partial charge in [0.05, 0.1) is 0 Å². The minimum atomic E-state index is -4.46. The zero-order valence-electron chi connectivity index (χ0n) is 21.2. The molecule has 5 rings (SSSR count). The lowest BCUT2D eigenvalue weighted by Gasteiger charge is -2.63. The molecule has 0 radical (unpaired) electrons. The maximum atomic E-state index is 11.3. The van der Waals surface area contributed by atoms with Crippen LogP contribution < -0.4 is 0 Å². The van der Waals surface area contributed by atoms with Gasteiger partial charge in [-0.1, -0.05) is 53.9 Å². The molecular formula is C27H44O5S. The van der Waals surface area contributed by atoms with Gasteiger partial charge in [-0.25, -0.2) is 4.18 Å². The normalized spacial score (nSPS) is 45.1. The number of allylic oxidation sites excluding steroid dienone is 1. The molecule has 1 heterocycles. The van der Waals surface area contributed by atoms with E-state index in [9.17, 15) is 13.0 Å². The van der Waals surface area contributed by atoms with Crippen molar-refractivity contribution in [3.8, 4) is 0 Å². The molecule has 9 atom stereocenters. The van der Waals surface area contributed by atoms with Gasteiger partial charge in [-0.3, -0.25) is 4.55 Å². The average molecular weight is 481 g/mol. The summed E-state index contributed by atoms with van der Waals surface area (Å²) in [5.41, 5.74) is 1.84. The van der Waals surface area contributed by atoms with E-state index in [4.69, 9.17) is 8.92 Å². The lowest BCUT2D eigenvalue weighted by molar-refractivity contribution is -0.132. The Kier molecular flexibility index (Phi) is 6.02. The van der Waals surface area contributed by atoms with E-state index >= 15 is 0 Å². The Morgan fingerprint density at radius 1 is 1.06 bits per heavy atom. The van der Waals surface area contributed by atoms with Crippen molar-refractivity contribution in [2.75, 3.05) is 0 Å². The summed E-state index contributed by atoms with van der Waals surface area (Å²) in [7, 11) is -4.46. The van der Waals surface area contributed by atoms with E-state index < -0.39 is 16.5 Å². The van der Waals surface area contributed by atoms with Crippen molar-refractivity contribution in [2.45, 2.75) is 111 Å². The van der Waals surface area contributed by atoms with E-state index in [0.717, 1.165) is 42.3 Å². The number of ether oxygens (including phenoxy) is 1. The topological polar surface area (TPSA) is 72.8 Å². The number of fused-ring (bicyclic) bond motifs is 4. The van der Waals surface area contributed by atoms with Crippen molar-refractivity contribution < 1.29 is 21.9 Å². The van der Waals surface area contributed by atoms with Gasteiger partial charge in [0.2, 0.25) is 0 Å². The second-order valence-electron chi connectivity index (χ2n) is 13.0. The summed E-state index contributed by atoms with van der Waals surface area (Å²) in [6.07, 6.45) is 11.1. The summed E-state index contributed by atoms with van der Waals surface area (Å²) in [6.45, 7) is 12.2. The van der Waals surface area contributed by atoms with Crippen molar-refractivity contribution in [1.29, 1.82) is 0 Å². The molecular weight excluding hydrogens is 436 g/mol. The standard InChI is InChI=1S/C27H44O5S/c1-16(2)7-6-8-17(3)19-9-10-20-18-15-23-24-25(31-23)22(32-33(28,29)30)12-14-27(24,5)21(18)11-13-26(19,20)4/h16-22,25H,6-15H2,1-5H3,(H,28,29,30)/t17-,18+,19-,20+,21+,22+,25?,26-,27-/m1/s1. The second-order valence-corrected chi connectivity index (χ2v) is 14.1. The number of hydrogen-bond acceptors (Lipinski definition) is 4. The van der Waals surface area contributed by atoms with Crippen LogP contribution in [0.25, 0.3) is 0 Å². The summed E-state index contributed by atoms with van der Waals surface area (Å²) in [5, 5.41) is 0. The largest absolute Gasteiger partial charge is 0.487 e. The van der Waals surface area contributed by atoms with Crippen LogP contribution in [0.4, 0.5) is 0 Å². The number of rotatable bonds is 7. The van der Waals surface area contributed by atoms with Crippen LogP contribution >= 0.6 is 0 Å².